The molecule has 3 N–H and O–H groups in total. The fourth-order valence-electron chi connectivity index (χ4n) is 1.66. The number of hydrogen-bond acceptors (Lipinski definition) is 3. The van der Waals surface area contributed by atoms with Gasteiger partial charge in [-0.25, -0.2) is 4.98 Å². The number of aromatic amines is 1. The number of nitrogens with one attached hydrogen (secondary N) is 1. The molecule has 1 heterocycles. The van der Waals surface area contributed by atoms with E-state index in [4.69, 9.17) is 5.73 Å². The Kier molecular flexibility index (Phi) is 2.21. The second kappa shape index (κ2) is 3.59. The van der Waals surface area contributed by atoms with Crippen LogP contribution in [0.25, 0.3) is 11.4 Å². The summed E-state index contributed by atoms with van der Waals surface area (Å²) in [6, 6.07) is 5.70. The van der Waals surface area contributed by atoms with E-state index in [-0.39, 0.29) is 0 Å². The lowest BCUT2D eigenvalue weighted by atomic mass is 10.2. The van der Waals surface area contributed by atoms with Crippen LogP contribution in [0.3, 0.4) is 0 Å². The molecule has 0 bridgehead atoms. The van der Waals surface area contributed by atoms with Crippen LogP contribution in [0.15, 0.2) is 22.7 Å². The van der Waals surface area contributed by atoms with E-state index in [0.717, 1.165) is 15.9 Å². The van der Waals surface area contributed by atoms with E-state index in [0.29, 0.717) is 17.4 Å². The fourth-order valence-corrected chi connectivity index (χ4v) is 2.02. The molecule has 0 unspecified atom stereocenters. The van der Waals surface area contributed by atoms with Gasteiger partial charge in [-0.15, -0.1) is 0 Å². The van der Waals surface area contributed by atoms with Crippen LogP contribution in [0.4, 0.5) is 5.69 Å². The minimum Gasteiger partial charge on any atom is -0.398 e. The van der Waals surface area contributed by atoms with Crippen molar-refractivity contribution in [2.45, 2.75) is 18.8 Å². The molecule has 5 heteroatoms. The van der Waals surface area contributed by atoms with Crippen molar-refractivity contribution in [1.82, 2.24) is 15.2 Å². The van der Waals surface area contributed by atoms with Crippen LogP contribution < -0.4 is 5.73 Å². The highest BCUT2D eigenvalue weighted by molar-refractivity contribution is 9.10. The molecule has 3 rings (SSSR count). The monoisotopic (exact) mass is 278 g/mol. The lowest BCUT2D eigenvalue weighted by Gasteiger charge is -2.01. The van der Waals surface area contributed by atoms with Gasteiger partial charge in [-0.1, -0.05) is 15.9 Å². The first kappa shape index (κ1) is 9.84. The van der Waals surface area contributed by atoms with Gasteiger partial charge in [-0.3, -0.25) is 5.10 Å². The largest absolute Gasteiger partial charge is 0.398 e. The second-order valence-electron chi connectivity index (χ2n) is 4.05. The molecule has 1 saturated carbocycles. The Morgan fingerprint density at radius 2 is 2.19 bits per heavy atom. The summed E-state index contributed by atoms with van der Waals surface area (Å²) in [5, 5.41) is 7.19. The molecule has 1 fully saturated rings. The average molecular weight is 279 g/mol. The molecule has 0 aliphatic heterocycles. The molecule has 82 valence electrons. The topological polar surface area (TPSA) is 67.6 Å². The number of nitrogens with two attached hydrogens (primary N) is 1. The lowest BCUT2D eigenvalue weighted by Crippen LogP contribution is -1.91. The maximum Gasteiger partial charge on any atom is 0.183 e. The molecule has 0 radical (unpaired) electrons. The van der Waals surface area contributed by atoms with Gasteiger partial charge in [-0.05, 0) is 31.0 Å². The predicted octanol–water partition coefficient (Wildman–Crippen LogP) is 2.69. The van der Waals surface area contributed by atoms with Crippen molar-refractivity contribution >= 4 is 21.6 Å². The van der Waals surface area contributed by atoms with E-state index in [1.165, 1.54) is 12.8 Å². The Balaban J connectivity index is 2.03. The molecule has 1 aliphatic rings. The second-order valence-corrected chi connectivity index (χ2v) is 4.97. The van der Waals surface area contributed by atoms with Crippen LogP contribution in [0, 0.1) is 0 Å². The van der Waals surface area contributed by atoms with Crippen molar-refractivity contribution in [3.63, 3.8) is 0 Å². The summed E-state index contributed by atoms with van der Waals surface area (Å²) in [6.07, 6.45) is 2.42. The summed E-state index contributed by atoms with van der Waals surface area (Å²) in [6.45, 7) is 0. The van der Waals surface area contributed by atoms with E-state index in [1.54, 1.807) is 0 Å². The number of hydrogen-bond donors (Lipinski definition) is 2. The first-order valence-corrected chi connectivity index (χ1v) is 6.01. The number of anilines is 1. The highest BCUT2D eigenvalue weighted by Gasteiger charge is 2.27. The van der Waals surface area contributed by atoms with Crippen LogP contribution in [-0.2, 0) is 0 Å². The Hall–Kier alpha value is -1.36. The van der Waals surface area contributed by atoms with E-state index in [9.17, 15) is 0 Å². The van der Waals surface area contributed by atoms with E-state index < -0.39 is 0 Å². The van der Waals surface area contributed by atoms with Gasteiger partial charge in [0.25, 0.3) is 0 Å². The molecule has 1 aromatic heterocycles. The number of nitrogen functional groups attached to an aromatic ring is 1. The van der Waals surface area contributed by atoms with E-state index in [1.807, 2.05) is 18.2 Å². The van der Waals surface area contributed by atoms with Gasteiger partial charge in [0.1, 0.15) is 5.82 Å². The molecule has 0 amide bonds. The van der Waals surface area contributed by atoms with Crippen molar-refractivity contribution in [1.29, 1.82) is 0 Å². The van der Waals surface area contributed by atoms with Crippen molar-refractivity contribution in [3.8, 4) is 11.4 Å². The van der Waals surface area contributed by atoms with Gasteiger partial charge in [-0.2, -0.15) is 5.10 Å². The predicted molar refractivity (Wildman–Crippen MR) is 65.9 cm³/mol. The van der Waals surface area contributed by atoms with Gasteiger partial charge in [0.2, 0.25) is 0 Å². The molecule has 0 spiro atoms. The average Bonchev–Trinajstić information content (AvgIpc) is 3.01. The highest BCUT2D eigenvalue weighted by Crippen LogP contribution is 2.38. The third-order valence-corrected chi connectivity index (χ3v) is 3.22. The number of halogens is 1. The summed E-state index contributed by atoms with van der Waals surface area (Å²) < 4.78 is 0.981. The third-order valence-electron chi connectivity index (χ3n) is 2.72. The van der Waals surface area contributed by atoms with Crippen LogP contribution in [0.5, 0.6) is 0 Å². The SMILES string of the molecule is Nc1ccc(Br)cc1-c1n[nH]c(C2CC2)n1. The molecule has 2 aromatic rings. The van der Waals surface area contributed by atoms with Crippen LogP contribution in [0.2, 0.25) is 0 Å². The summed E-state index contributed by atoms with van der Waals surface area (Å²) in [7, 11) is 0. The molecule has 16 heavy (non-hydrogen) atoms. The molecular formula is C11H11BrN4. The van der Waals surface area contributed by atoms with Gasteiger partial charge >= 0.3 is 0 Å². The first-order chi connectivity index (χ1) is 7.74. The molecule has 1 aliphatic carbocycles. The van der Waals surface area contributed by atoms with Gasteiger partial charge in [0.05, 0.1) is 0 Å². The number of H-pyrrole nitrogens is 1. The maximum atomic E-state index is 5.91. The summed E-state index contributed by atoms with van der Waals surface area (Å²) in [4.78, 5) is 4.48. The molecular weight excluding hydrogens is 268 g/mol. The van der Waals surface area contributed by atoms with Crippen LogP contribution in [-0.4, -0.2) is 15.2 Å². The first-order valence-electron chi connectivity index (χ1n) is 5.22. The lowest BCUT2D eigenvalue weighted by molar-refractivity contribution is 0.935. The molecule has 1 aromatic carbocycles. The number of aromatic nitrogens is 3. The molecule has 0 saturated heterocycles. The zero-order valence-corrected chi connectivity index (χ0v) is 10.2. The van der Waals surface area contributed by atoms with Gasteiger partial charge in [0.15, 0.2) is 5.82 Å². The van der Waals surface area contributed by atoms with Crippen LogP contribution >= 0.6 is 15.9 Å². The zero-order chi connectivity index (χ0) is 11.1. The zero-order valence-electron chi connectivity index (χ0n) is 8.57. The summed E-state index contributed by atoms with van der Waals surface area (Å²) in [5.41, 5.74) is 7.48. The van der Waals surface area contributed by atoms with Gasteiger partial charge in [0, 0.05) is 21.6 Å². The van der Waals surface area contributed by atoms with Crippen molar-refractivity contribution in [3.05, 3.63) is 28.5 Å². The number of nitrogens with zero attached hydrogens (tertiary/aromatic N) is 2. The van der Waals surface area contributed by atoms with E-state index >= 15 is 0 Å². The Morgan fingerprint density at radius 3 is 2.94 bits per heavy atom. The number of rotatable bonds is 2. The summed E-state index contributed by atoms with van der Waals surface area (Å²) >= 11 is 3.42. The van der Waals surface area contributed by atoms with Gasteiger partial charge < -0.3 is 5.73 Å². The Labute approximate surface area is 101 Å². The fraction of sp³-hybridized carbons (Fsp3) is 0.273. The van der Waals surface area contributed by atoms with Crippen molar-refractivity contribution < 1.29 is 0 Å². The number of benzene rings is 1. The summed E-state index contributed by atoms with van der Waals surface area (Å²) in [5.74, 6) is 2.24. The van der Waals surface area contributed by atoms with Crippen molar-refractivity contribution in [2.75, 3.05) is 5.73 Å². The Morgan fingerprint density at radius 1 is 1.38 bits per heavy atom. The van der Waals surface area contributed by atoms with E-state index in [2.05, 4.69) is 31.1 Å². The smallest absolute Gasteiger partial charge is 0.183 e. The van der Waals surface area contributed by atoms with Crippen LogP contribution in [0.1, 0.15) is 24.6 Å². The molecule has 0 atom stereocenters. The third kappa shape index (κ3) is 1.71. The maximum absolute atomic E-state index is 5.91. The van der Waals surface area contributed by atoms with Crippen molar-refractivity contribution in [2.24, 2.45) is 0 Å². The quantitative estimate of drug-likeness (QED) is 0.830. The molecule has 4 nitrogen and oxygen atoms in total. The normalized spacial score (nSPS) is 15.3. The highest BCUT2D eigenvalue weighted by atomic mass is 79.9. The Bertz CT molecular complexity index is 531. The minimum absolute atomic E-state index is 0.578. The minimum atomic E-state index is 0.578. The standard InChI is InChI=1S/C11H11BrN4/c12-7-3-4-9(13)8(5-7)11-14-10(15-16-11)6-1-2-6/h3-6H,1-2,13H2,(H,14,15,16).